The number of thiophene rings is 1. The number of amides is 1. The van der Waals surface area contributed by atoms with Crippen molar-refractivity contribution in [1.82, 2.24) is 0 Å². The average Bonchev–Trinajstić information content (AvgIpc) is 2.50. The Kier molecular flexibility index (Phi) is 3.02. The van der Waals surface area contributed by atoms with Crippen LogP contribution in [0.5, 0.6) is 0 Å². The minimum atomic E-state index is -0.386. The van der Waals surface area contributed by atoms with Crippen LogP contribution in [0.3, 0.4) is 0 Å². The molecule has 5 heteroatoms. The van der Waals surface area contributed by atoms with Gasteiger partial charge in [-0.05, 0) is 12.1 Å². The second-order valence-corrected chi connectivity index (χ2v) is 3.71. The molecule has 0 aliphatic carbocycles. The zero-order valence-electron chi connectivity index (χ0n) is 7.19. The molecule has 2 N–H and O–H groups in total. The van der Waals surface area contributed by atoms with Crippen LogP contribution in [0, 0.1) is 0 Å². The van der Waals surface area contributed by atoms with E-state index in [9.17, 15) is 9.59 Å². The third kappa shape index (κ3) is 2.55. The maximum absolute atomic E-state index is 10.6. The third-order valence-corrected chi connectivity index (χ3v) is 2.62. The molecule has 0 radical (unpaired) electrons. The number of hydrogen-bond acceptors (Lipinski definition) is 4. The highest BCUT2D eigenvalue weighted by Gasteiger charge is 2.06. The summed E-state index contributed by atoms with van der Waals surface area (Å²) in [6.45, 7) is 0.165. The van der Waals surface area contributed by atoms with E-state index in [1.54, 1.807) is 24.1 Å². The minimum absolute atomic E-state index is 0.165. The Bertz CT molecular complexity index is 322. The van der Waals surface area contributed by atoms with Gasteiger partial charge in [-0.1, -0.05) is 0 Å². The first-order valence-electron chi connectivity index (χ1n) is 3.68. The number of aldehydes is 1. The fourth-order valence-electron chi connectivity index (χ4n) is 0.922. The number of nitrogens with two attached hydrogens (primary N) is 1. The molecular formula is C8H10N2O2S. The van der Waals surface area contributed by atoms with Gasteiger partial charge >= 0.3 is 0 Å². The first-order valence-corrected chi connectivity index (χ1v) is 4.49. The summed E-state index contributed by atoms with van der Waals surface area (Å²) in [5.41, 5.74) is 5.02. The summed E-state index contributed by atoms with van der Waals surface area (Å²) < 4.78 is 0. The molecule has 1 amide bonds. The van der Waals surface area contributed by atoms with Crippen molar-refractivity contribution in [2.75, 3.05) is 18.5 Å². The van der Waals surface area contributed by atoms with Crippen molar-refractivity contribution in [2.24, 2.45) is 5.73 Å². The Labute approximate surface area is 80.0 Å². The molecule has 0 saturated heterocycles. The SMILES string of the molecule is CN(CC(N)=O)c1ccc(C=O)s1. The number of anilines is 1. The van der Waals surface area contributed by atoms with Crippen LogP contribution in [0.2, 0.25) is 0 Å². The van der Waals surface area contributed by atoms with Gasteiger partial charge in [-0.2, -0.15) is 0 Å². The van der Waals surface area contributed by atoms with Crippen LogP contribution in [-0.2, 0) is 4.79 Å². The number of rotatable bonds is 4. The van der Waals surface area contributed by atoms with Crippen LogP contribution in [0.1, 0.15) is 9.67 Å². The van der Waals surface area contributed by atoms with E-state index in [1.165, 1.54) is 11.3 Å². The lowest BCUT2D eigenvalue weighted by Gasteiger charge is -2.13. The van der Waals surface area contributed by atoms with Crippen LogP contribution in [0.25, 0.3) is 0 Å². The molecule has 1 aromatic rings. The average molecular weight is 198 g/mol. The van der Waals surface area contributed by atoms with Gasteiger partial charge in [-0.3, -0.25) is 9.59 Å². The summed E-state index contributed by atoms with van der Waals surface area (Å²) in [5, 5.41) is 0.862. The monoisotopic (exact) mass is 198 g/mol. The van der Waals surface area contributed by atoms with Gasteiger partial charge in [0.25, 0.3) is 0 Å². The molecule has 0 aliphatic rings. The Morgan fingerprint density at radius 2 is 2.38 bits per heavy atom. The van der Waals surface area contributed by atoms with Crippen LogP contribution < -0.4 is 10.6 Å². The molecule has 0 atom stereocenters. The van der Waals surface area contributed by atoms with Gasteiger partial charge in [0, 0.05) is 7.05 Å². The van der Waals surface area contributed by atoms with E-state index >= 15 is 0 Å². The highest BCUT2D eigenvalue weighted by Crippen LogP contribution is 2.23. The van der Waals surface area contributed by atoms with Crippen molar-refractivity contribution in [3.05, 3.63) is 17.0 Å². The van der Waals surface area contributed by atoms with Gasteiger partial charge in [-0.15, -0.1) is 11.3 Å². The van der Waals surface area contributed by atoms with E-state index in [4.69, 9.17) is 5.73 Å². The van der Waals surface area contributed by atoms with Gasteiger partial charge in [-0.25, -0.2) is 0 Å². The highest BCUT2D eigenvalue weighted by atomic mass is 32.1. The second-order valence-electron chi connectivity index (χ2n) is 2.62. The maximum atomic E-state index is 10.6. The molecule has 0 aliphatic heterocycles. The standard InChI is InChI=1S/C8H10N2O2S/c1-10(4-7(9)12)8-3-2-6(5-11)13-8/h2-3,5H,4H2,1H3,(H2,9,12). The number of carbonyl (C=O) groups excluding carboxylic acids is 2. The molecule has 4 nitrogen and oxygen atoms in total. The maximum Gasteiger partial charge on any atom is 0.236 e. The number of nitrogens with zero attached hydrogens (tertiary/aromatic N) is 1. The smallest absolute Gasteiger partial charge is 0.236 e. The highest BCUT2D eigenvalue weighted by molar-refractivity contribution is 7.17. The lowest BCUT2D eigenvalue weighted by Crippen LogP contribution is -2.29. The van der Waals surface area contributed by atoms with E-state index in [0.717, 1.165) is 11.3 Å². The summed E-state index contributed by atoms with van der Waals surface area (Å²) in [6, 6.07) is 3.50. The van der Waals surface area contributed by atoms with Crippen LogP contribution >= 0.6 is 11.3 Å². The van der Waals surface area contributed by atoms with Crippen LogP contribution in [0.15, 0.2) is 12.1 Å². The number of likely N-dealkylation sites (N-methyl/N-ethyl adjacent to an activating group) is 1. The van der Waals surface area contributed by atoms with E-state index in [2.05, 4.69) is 0 Å². The van der Waals surface area contributed by atoms with Crippen molar-refractivity contribution < 1.29 is 9.59 Å². The van der Waals surface area contributed by atoms with Gasteiger partial charge < -0.3 is 10.6 Å². The number of carbonyl (C=O) groups is 2. The van der Waals surface area contributed by atoms with Crippen molar-refractivity contribution in [2.45, 2.75) is 0 Å². The van der Waals surface area contributed by atoms with Crippen LogP contribution in [-0.4, -0.2) is 25.8 Å². The van der Waals surface area contributed by atoms with Crippen molar-refractivity contribution in [3.63, 3.8) is 0 Å². The zero-order chi connectivity index (χ0) is 9.84. The van der Waals surface area contributed by atoms with E-state index in [1.807, 2.05) is 0 Å². The molecule has 70 valence electrons. The molecule has 0 aromatic carbocycles. The first kappa shape index (κ1) is 9.73. The molecule has 0 bridgehead atoms. The summed E-state index contributed by atoms with van der Waals surface area (Å²) in [5.74, 6) is -0.386. The predicted octanol–water partition coefficient (Wildman–Crippen LogP) is 0.482. The van der Waals surface area contributed by atoms with E-state index < -0.39 is 0 Å². The fourth-order valence-corrected chi connectivity index (χ4v) is 1.70. The van der Waals surface area contributed by atoms with Crippen molar-refractivity contribution in [1.29, 1.82) is 0 Å². The minimum Gasteiger partial charge on any atom is -0.368 e. The third-order valence-electron chi connectivity index (χ3n) is 1.50. The lowest BCUT2D eigenvalue weighted by atomic mass is 10.5. The Morgan fingerprint density at radius 3 is 2.85 bits per heavy atom. The molecule has 0 fully saturated rings. The Morgan fingerprint density at radius 1 is 1.69 bits per heavy atom. The molecule has 1 aromatic heterocycles. The largest absolute Gasteiger partial charge is 0.368 e. The van der Waals surface area contributed by atoms with Crippen molar-refractivity contribution in [3.8, 4) is 0 Å². The van der Waals surface area contributed by atoms with Gasteiger partial charge in [0.15, 0.2) is 6.29 Å². The lowest BCUT2D eigenvalue weighted by molar-refractivity contribution is -0.116. The molecular weight excluding hydrogens is 188 g/mol. The molecule has 13 heavy (non-hydrogen) atoms. The summed E-state index contributed by atoms with van der Waals surface area (Å²) in [6.07, 6.45) is 0.784. The summed E-state index contributed by atoms with van der Waals surface area (Å²) >= 11 is 1.33. The fraction of sp³-hybridized carbons (Fsp3) is 0.250. The topological polar surface area (TPSA) is 63.4 Å². The van der Waals surface area contributed by atoms with Crippen molar-refractivity contribution >= 4 is 28.5 Å². The first-order chi connectivity index (χ1) is 6.13. The summed E-state index contributed by atoms with van der Waals surface area (Å²) in [4.78, 5) is 23.3. The molecule has 1 heterocycles. The van der Waals surface area contributed by atoms with E-state index in [-0.39, 0.29) is 12.5 Å². The molecule has 0 spiro atoms. The van der Waals surface area contributed by atoms with Gasteiger partial charge in [0.1, 0.15) is 0 Å². The quantitative estimate of drug-likeness (QED) is 0.716. The normalized spacial score (nSPS) is 9.62. The van der Waals surface area contributed by atoms with E-state index in [0.29, 0.717) is 4.88 Å². The molecule has 0 unspecified atom stereocenters. The number of primary amides is 1. The number of hydrogen-bond donors (Lipinski definition) is 1. The van der Waals surface area contributed by atoms with Gasteiger partial charge in [0.2, 0.25) is 5.91 Å². The predicted molar refractivity (Wildman–Crippen MR) is 52.2 cm³/mol. The zero-order valence-corrected chi connectivity index (χ0v) is 8.00. The summed E-state index contributed by atoms with van der Waals surface area (Å²) in [7, 11) is 1.76. The Hall–Kier alpha value is -1.36. The Balaban J connectivity index is 2.70. The molecule has 1 rings (SSSR count). The van der Waals surface area contributed by atoms with Gasteiger partial charge in [0.05, 0.1) is 16.4 Å². The molecule has 0 saturated carbocycles. The second kappa shape index (κ2) is 4.04. The van der Waals surface area contributed by atoms with Crippen LogP contribution in [0.4, 0.5) is 5.00 Å².